The van der Waals surface area contributed by atoms with Gasteiger partial charge in [0.2, 0.25) is 11.2 Å². The minimum Gasteiger partial charge on any atom is -0.489 e. The van der Waals surface area contributed by atoms with Crippen molar-refractivity contribution in [3.63, 3.8) is 0 Å². The van der Waals surface area contributed by atoms with Crippen LogP contribution in [0, 0.1) is 0 Å². The van der Waals surface area contributed by atoms with E-state index in [1.807, 2.05) is 48.5 Å². The lowest BCUT2D eigenvalue weighted by molar-refractivity contribution is 0.306. The molecule has 0 saturated carbocycles. The van der Waals surface area contributed by atoms with E-state index in [4.69, 9.17) is 13.9 Å². The summed E-state index contributed by atoms with van der Waals surface area (Å²) in [5.74, 6) is 1.39. The van der Waals surface area contributed by atoms with E-state index in [1.165, 1.54) is 11.8 Å². The number of fused-ring (bicyclic) bond motifs is 1. The number of hydrogen-bond donors (Lipinski definition) is 0. The lowest BCUT2D eigenvalue weighted by Crippen LogP contribution is -2.05. The largest absolute Gasteiger partial charge is 0.489 e. The summed E-state index contributed by atoms with van der Waals surface area (Å²) in [6.45, 7) is 2.51. The van der Waals surface area contributed by atoms with Crippen molar-refractivity contribution in [2.45, 2.75) is 20.0 Å². The van der Waals surface area contributed by atoms with Crippen LogP contribution in [0.2, 0.25) is 0 Å². The van der Waals surface area contributed by atoms with Crippen LogP contribution < -0.4 is 14.9 Å². The van der Waals surface area contributed by atoms with Crippen LogP contribution in [0.1, 0.15) is 18.1 Å². The third kappa shape index (κ3) is 4.51. The molecule has 0 N–H and O–H groups in total. The Morgan fingerprint density at radius 2 is 1.72 bits per heavy atom. The number of ether oxygens (including phenoxy) is 2. The van der Waals surface area contributed by atoms with Gasteiger partial charge in [-0.25, -0.2) is 0 Å². The van der Waals surface area contributed by atoms with Gasteiger partial charge in [0, 0.05) is 10.5 Å². The van der Waals surface area contributed by atoms with Crippen molar-refractivity contribution < 1.29 is 13.9 Å². The summed E-state index contributed by atoms with van der Waals surface area (Å²) in [5.41, 5.74) is 2.48. The summed E-state index contributed by atoms with van der Waals surface area (Å²) < 4.78 is 18.2. The fourth-order valence-corrected chi connectivity index (χ4v) is 3.41. The second kappa shape index (κ2) is 8.53. The quantitative estimate of drug-likeness (QED) is 0.336. The first-order chi connectivity index (χ1) is 14.1. The normalized spacial score (nSPS) is 10.8. The summed E-state index contributed by atoms with van der Waals surface area (Å²) >= 11 is 3.45. The first-order valence-electron chi connectivity index (χ1n) is 9.32. The highest BCUT2D eigenvalue weighted by atomic mass is 79.9. The van der Waals surface area contributed by atoms with Crippen molar-refractivity contribution in [1.82, 2.24) is 0 Å². The Morgan fingerprint density at radius 1 is 0.931 bits per heavy atom. The van der Waals surface area contributed by atoms with E-state index in [1.54, 1.807) is 18.2 Å². The number of aryl methyl sites for hydroxylation is 1. The van der Waals surface area contributed by atoms with Crippen molar-refractivity contribution in [1.29, 1.82) is 0 Å². The number of halogens is 1. The van der Waals surface area contributed by atoms with Gasteiger partial charge in [0.05, 0.1) is 5.39 Å². The predicted octanol–water partition coefficient (Wildman–Crippen LogP) is 6.49. The average molecular weight is 451 g/mol. The van der Waals surface area contributed by atoms with Crippen molar-refractivity contribution in [2.75, 3.05) is 0 Å². The third-order valence-electron chi connectivity index (χ3n) is 4.57. The lowest BCUT2D eigenvalue weighted by Gasteiger charge is -2.09. The molecule has 1 heterocycles. The third-order valence-corrected chi connectivity index (χ3v) is 5.06. The van der Waals surface area contributed by atoms with Crippen LogP contribution in [0.15, 0.2) is 86.7 Å². The van der Waals surface area contributed by atoms with Crippen LogP contribution in [0.4, 0.5) is 0 Å². The van der Waals surface area contributed by atoms with Crippen molar-refractivity contribution >= 4 is 26.9 Å². The van der Waals surface area contributed by atoms with Gasteiger partial charge in [-0.05, 0) is 53.9 Å². The zero-order valence-corrected chi connectivity index (χ0v) is 17.4. The summed E-state index contributed by atoms with van der Waals surface area (Å²) in [4.78, 5) is 12.8. The standard InChI is InChI=1S/C24H19BrO4/c1-2-16-6-8-19(9-7-16)29-23-15-28-22-13-20(10-11-21(22)24(23)26)27-14-17-4-3-5-18(25)12-17/h3-13,15H,2,14H2,1H3. The molecular formula is C24H19BrO4. The molecule has 0 aliphatic carbocycles. The molecular weight excluding hydrogens is 432 g/mol. The molecule has 146 valence electrons. The predicted molar refractivity (Wildman–Crippen MR) is 117 cm³/mol. The minimum atomic E-state index is -0.218. The van der Waals surface area contributed by atoms with Crippen LogP contribution in [-0.2, 0) is 13.0 Å². The van der Waals surface area contributed by atoms with Gasteiger partial charge in [0.25, 0.3) is 0 Å². The molecule has 0 atom stereocenters. The maximum Gasteiger partial charge on any atom is 0.235 e. The molecule has 0 radical (unpaired) electrons. The fourth-order valence-electron chi connectivity index (χ4n) is 2.96. The number of hydrogen-bond acceptors (Lipinski definition) is 4. The molecule has 0 spiro atoms. The van der Waals surface area contributed by atoms with E-state index in [-0.39, 0.29) is 11.2 Å². The molecule has 4 rings (SSSR count). The molecule has 0 aliphatic rings. The topological polar surface area (TPSA) is 48.7 Å². The smallest absolute Gasteiger partial charge is 0.235 e. The number of rotatable bonds is 6. The highest BCUT2D eigenvalue weighted by molar-refractivity contribution is 9.10. The van der Waals surface area contributed by atoms with Crippen molar-refractivity contribution in [3.05, 3.63) is 98.8 Å². The van der Waals surface area contributed by atoms with E-state index in [2.05, 4.69) is 22.9 Å². The molecule has 3 aromatic carbocycles. The SMILES string of the molecule is CCc1ccc(Oc2coc3cc(OCc4cccc(Br)c4)ccc3c2=O)cc1. The molecule has 0 unspecified atom stereocenters. The van der Waals surface area contributed by atoms with Crippen LogP contribution in [0.5, 0.6) is 17.2 Å². The monoisotopic (exact) mass is 450 g/mol. The van der Waals surface area contributed by atoms with Crippen molar-refractivity contribution in [3.8, 4) is 17.2 Å². The van der Waals surface area contributed by atoms with Crippen molar-refractivity contribution in [2.24, 2.45) is 0 Å². The van der Waals surface area contributed by atoms with Gasteiger partial charge in [-0.2, -0.15) is 0 Å². The minimum absolute atomic E-state index is 0.157. The van der Waals surface area contributed by atoms with Gasteiger partial charge >= 0.3 is 0 Å². The van der Waals surface area contributed by atoms with Gasteiger partial charge < -0.3 is 13.9 Å². The highest BCUT2D eigenvalue weighted by Crippen LogP contribution is 2.25. The summed E-state index contributed by atoms with van der Waals surface area (Å²) in [7, 11) is 0. The van der Waals surface area contributed by atoms with Crippen LogP contribution in [0.25, 0.3) is 11.0 Å². The van der Waals surface area contributed by atoms with Crippen LogP contribution in [-0.4, -0.2) is 0 Å². The van der Waals surface area contributed by atoms with Crippen LogP contribution >= 0.6 is 15.9 Å². The Bertz CT molecular complexity index is 1200. The second-order valence-electron chi connectivity index (χ2n) is 6.61. The Hall–Kier alpha value is -3.05. The van der Waals surface area contributed by atoms with Gasteiger partial charge in [0.1, 0.15) is 30.0 Å². The second-order valence-corrected chi connectivity index (χ2v) is 7.52. The van der Waals surface area contributed by atoms with E-state index < -0.39 is 0 Å². The van der Waals surface area contributed by atoms with Gasteiger partial charge in [-0.15, -0.1) is 0 Å². The van der Waals surface area contributed by atoms with E-state index in [0.717, 1.165) is 16.5 Å². The maximum absolute atomic E-state index is 12.8. The molecule has 0 bridgehead atoms. The van der Waals surface area contributed by atoms with E-state index in [9.17, 15) is 4.79 Å². The molecule has 4 nitrogen and oxygen atoms in total. The van der Waals surface area contributed by atoms with Crippen LogP contribution in [0.3, 0.4) is 0 Å². The average Bonchev–Trinajstić information content (AvgIpc) is 2.75. The first kappa shape index (κ1) is 19.3. The molecule has 0 saturated heterocycles. The highest BCUT2D eigenvalue weighted by Gasteiger charge is 2.10. The lowest BCUT2D eigenvalue weighted by atomic mass is 10.2. The number of benzene rings is 3. The molecule has 0 fully saturated rings. The van der Waals surface area contributed by atoms with E-state index in [0.29, 0.717) is 29.1 Å². The maximum atomic E-state index is 12.8. The molecule has 1 aromatic heterocycles. The molecule has 29 heavy (non-hydrogen) atoms. The Kier molecular flexibility index (Phi) is 5.67. The summed E-state index contributed by atoms with van der Waals surface area (Å²) in [6, 6.07) is 20.7. The zero-order chi connectivity index (χ0) is 20.2. The fraction of sp³-hybridized carbons (Fsp3) is 0.125. The van der Waals surface area contributed by atoms with Gasteiger partial charge in [0.15, 0.2) is 0 Å². The summed E-state index contributed by atoms with van der Waals surface area (Å²) in [5, 5.41) is 0.447. The van der Waals surface area contributed by atoms with Gasteiger partial charge in [-0.3, -0.25) is 4.79 Å². The molecule has 0 aliphatic heterocycles. The summed E-state index contributed by atoms with van der Waals surface area (Å²) in [6.07, 6.45) is 2.29. The zero-order valence-electron chi connectivity index (χ0n) is 15.9. The first-order valence-corrected chi connectivity index (χ1v) is 10.1. The molecule has 4 aromatic rings. The van der Waals surface area contributed by atoms with Gasteiger partial charge in [-0.1, -0.05) is 47.1 Å². The molecule has 5 heteroatoms. The molecule has 0 amide bonds. The Morgan fingerprint density at radius 3 is 2.48 bits per heavy atom. The Labute approximate surface area is 176 Å². The Balaban J connectivity index is 1.53. The van der Waals surface area contributed by atoms with E-state index >= 15 is 0 Å².